The van der Waals surface area contributed by atoms with Gasteiger partial charge < -0.3 is 10.6 Å². The van der Waals surface area contributed by atoms with E-state index >= 15 is 0 Å². The number of benzene rings is 1. The van der Waals surface area contributed by atoms with Gasteiger partial charge in [0.2, 0.25) is 5.91 Å². The van der Waals surface area contributed by atoms with Crippen LogP contribution in [0.2, 0.25) is 0 Å². The molecule has 0 aromatic heterocycles. The summed E-state index contributed by atoms with van der Waals surface area (Å²) in [6, 6.07) is 6.25. The van der Waals surface area contributed by atoms with Crippen molar-refractivity contribution in [1.82, 2.24) is 4.90 Å². The molecule has 1 fully saturated rings. The average Bonchev–Trinajstić information content (AvgIpc) is 2.65. The summed E-state index contributed by atoms with van der Waals surface area (Å²) in [5.41, 5.74) is 6.44. The van der Waals surface area contributed by atoms with Gasteiger partial charge in [-0.1, -0.05) is 12.1 Å². The van der Waals surface area contributed by atoms with Crippen molar-refractivity contribution in [1.29, 1.82) is 0 Å². The van der Waals surface area contributed by atoms with E-state index in [0.717, 1.165) is 13.0 Å². The van der Waals surface area contributed by atoms with Crippen LogP contribution in [0.25, 0.3) is 0 Å². The Bertz CT molecular complexity index is 394. The molecule has 0 radical (unpaired) electrons. The van der Waals surface area contributed by atoms with Gasteiger partial charge in [0, 0.05) is 19.1 Å². The van der Waals surface area contributed by atoms with Crippen LogP contribution in [0.15, 0.2) is 24.3 Å². The van der Waals surface area contributed by atoms with Crippen molar-refractivity contribution in [2.45, 2.75) is 18.9 Å². The van der Waals surface area contributed by atoms with Gasteiger partial charge in [0.15, 0.2) is 0 Å². The molecule has 1 aromatic rings. The highest BCUT2D eigenvalue weighted by atomic mass is 19.1. The normalized spacial score (nSPS) is 20.1. The van der Waals surface area contributed by atoms with E-state index in [1.165, 1.54) is 12.1 Å². The molecule has 0 aliphatic carbocycles. The highest BCUT2D eigenvalue weighted by molar-refractivity contribution is 5.79. The molecule has 16 heavy (non-hydrogen) atoms. The van der Waals surface area contributed by atoms with Gasteiger partial charge in [-0.05, 0) is 24.1 Å². The zero-order chi connectivity index (χ0) is 11.5. The Morgan fingerprint density at radius 3 is 3.00 bits per heavy atom. The van der Waals surface area contributed by atoms with Crippen LogP contribution < -0.4 is 5.73 Å². The van der Waals surface area contributed by atoms with Crippen molar-refractivity contribution in [3.8, 4) is 0 Å². The first-order valence-electron chi connectivity index (χ1n) is 5.43. The number of hydrogen-bond acceptors (Lipinski definition) is 2. The minimum Gasteiger partial charge on any atom is -0.341 e. The molecule has 2 N–H and O–H groups in total. The Morgan fingerprint density at radius 1 is 1.56 bits per heavy atom. The van der Waals surface area contributed by atoms with E-state index < -0.39 is 0 Å². The van der Waals surface area contributed by atoms with Crippen LogP contribution in [0.1, 0.15) is 12.0 Å². The zero-order valence-corrected chi connectivity index (χ0v) is 9.03. The van der Waals surface area contributed by atoms with Gasteiger partial charge in [0.05, 0.1) is 6.42 Å². The maximum atomic E-state index is 12.9. The summed E-state index contributed by atoms with van der Waals surface area (Å²) < 4.78 is 12.9. The molecule has 1 aliphatic heterocycles. The summed E-state index contributed by atoms with van der Waals surface area (Å²) in [7, 11) is 0. The summed E-state index contributed by atoms with van der Waals surface area (Å²) in [5, 5.41) is 0. The molecule has 1 amide bonds. The van der Waals surface area contributed by atoms with Gasteiger partial charge in [-0.15, -0.1) is 0 Å². The van der Waals surface area contributed by atoms with E-state index in [2.05, 4.69) is 0 Å². The lowest BCUT2D eigenvalue weighted by atomic mass is 10.1. The molecule has 0 bridgehead atoms. The molecular weight excluding hydrogens is 207 g/mol. The number of nitrogens with two attached hydrogens (primary N) is 1. The highest BCUT2D eigenvalue weighted by Crippen LogP contribution is 2.11. The van der Waals surface area contributed by atoms with Crippen LogP contribution in [0.5, 0.6) is 0 Å². The molecule has 1 saturated heterocycles. The summed E-state index contributed by atoms with van der Waals surface area (Å²) >= 11 is 0. The number of amides is 1. The zero-order valence-electron chi connectivity index (χ0n) is 9.03. The Labute approximate surface area is 94.0 Å². The Kier molecular flexibility index (Phi) is 3.19. The molecule has 0 spiro atoms. The maximum Gasteiger partial charge on any atom is 0.227 e. The van der Waals surface area contributed by atoms with Crippen LogP contribution >= 0.6 is 0 Å². The average molecular weight is 222 g/mol. The third kappa shape index (κ3) is 2.58. The fourth-order valence-electron chi connectivity index (χ4n) is 1.95. The van der Waals surface area contributed by atoms with Gasteiger partial charge in [-0.2, -0.15) is 0 Å². The maximum absolute atomic E-state index is 12.9. The molecule has 1 atom stereocenters. The van der Waals surface area contributed by atoms with Crippen molar-refractivity contribution in [3.05, 3.63) is 35.6 Å². The number of hydrogen-bond donors (Lipinski definition) is 1. The second kappa shape index (κ2) is 4.61. The number of nitrogens with zero attached hydrogens (tertiary/aromatic N) is 1. The van der Waals surface area contributed by atoms with Crippen LogP contribution in [-0.4, -0.2) is 29.9 Å². The summed E-state index contributed by atoms with van der Waals surface area (Å²) in [6.07, 6.45) is 1.11. The van der Waals surface area contributed by atoms with Gasteiger partial charge in [-0.3, -0.25) is 4.79 Å². The van der Waals surface area contributed by atoms with Crippen molar-refractivity contribution in [3.63, 3.8) is 0 Å². The van der Waals surface area contributed by atoms with Crippen LogP contribution in [0.4, 0.5) is 4.39 Å². The van der Waals surface area contributed by atoms with Crippen molar-refractivity contribution >= 4 is 5.91 Å². The Morgan fingerprint density at radius 2 is 2.38 bits per heavy atom. The van der Waals surface area contributed by atoms with Gasteiger partial charge >= 0.3 is 0 Å². The van der Waals surface area contributed by atoms with E-state index in [1.807, 2.05) is 0 Å². The first kappa shape index (κ1) is 11.1. The predicted molar refractivity (Wildman–Crippen MR) is 59.3 cm³/mol. The second-order valence-electron chi connectivity index (χ2n) is 4.20. The van der Waals surface area contributed by atoms with E-state index in [-0.39, 0.29) is 24.2 Å². The van der Waals surface area contributed by atoms with E-state index in [4.69, 9.17) is 5.73 Å². The van der Waals surface area contributed by atoms with Crippen LogP contribution in [0.3, 0.4) is 0 Å². The first-order chi connectivity index (χ1) is 7.65. The van der Waals surface area contributed by atoms with Crippen LogP contribution in [0, 0.1) is 5.82 Å². The van der Waals surface area contributed by atoms with E-state index in [1.54, 1.807) is 17.0 Å². The van der Waals surface area contributed by atoms with Gasteiger partial charge in [-0.25, -0.2) is 4.39 Å². The largest absolute Gasteiger partial charge is 0.341 e. The predicted octanol–water partition coefficient (Wildman–Crippen LogP) is 0.928. The third-order valence-electron chi connectivity index (χ3n) is 2.82. The molecule has 3 nitrogen and oxygen atoms in total. The number of likely N-dealkylation sites (tertiary alicyclic amines) is 1. The fourth-order valence-corrected chi connectivity index (χ4v) is 1.95. The molecule has 4 heteroatoms. The van der Waals surface area contributed by atoms with Crippen molar-refractivity contribution in [2.24, 2.45) is 5.73 Å². The summed E-state index contributed by atoms with van der Waals surface area (Å²) in [4.78, 5) is 13.6. The minimum atomic E-state index is -0.302. The Balaban J connectivity index is 1.97. The number of rotatable bonds is 2. The topological polar surface area (TPSA) is 46.3 Å². The molecule has 2 rings (SSSR count). The van der Waals surface area contributed by atoms with Crippen molar-refractivity contribution < 1.29 is 9.18 Å². The Hall–Kier alpha value is -1.42. The lowest BCUT2D eigenvalue weighted by Crippen LogP contribution is -2.32. The molecule has 0 unspecified atom stereocenters. The molecule has 1 aliphatic rings. The molecule has 1 heterocycles. The van der Waals surface area contributed by atoms with Crippen LogP contribution in [-0.2, 0) is 11.2 Å². The number of carbonyl (C=O) groups is 1. The molecule has 1 aromatic carbocycles. The molecular formula is C12H15FN2O. The standard InChI is InChI=1S/C12H15FN2O/c13-10-3-1-2-9(6-10)7-12(16)15-5-4-11(14)8-15/h1-3,6,11H,4-5,7-8,14H2/t11-/m0/s1. The quantitative estimate of drug-likeness (QED) is 0.809. The monoisotopic (exact) mass is 222 g/mol. The smallest absolute Gasteiger partial charge is 0.227 e. The minimum absolute atomic E-state index is 0.0264. The molecule has 0 saturated carbocycles. The third-order valence-corrected chi connectivity index (χ3v) is 2.82. The first-order valence-corrected chi connectivity index (χ1v) is 5.43. The number of carbonyl (C=O) groups excluding carboxylic acids is 1. The van der Waals surface area contributed by atoms with E-state index in [9.17, 15) is 9.18 Å². The lowest BCUT2D eigenvalue weighted by Gasteiger charge is -2.15. The lowest BCUT2D eigenvalue weighted by molar-refractivity contribution is -0.129. The van der Waals surface area contributed by atoms with Gasteiger partial charge in [0.1, 0.15) is 5.82 Å². The van der Waals surface area contributed by atoms with E-state index in [0.29, 0.717) is 12.1 Å². The second-order valence-corrected chi connectivity index (χ2v) is 4.20. The van der Waals surface area contributed by atoms with Gasteiger partial charge in [0.25, 0.3) is 0 Å². The SMILES string of the molecule is N[C@H]1CCN(C(=O)Cc2cccc(F)c2)C1. The summed E-state index contributed by atoms with van der Waals surface area (Å²) in [6.45, 7) is 1.34. The summed E-state index contributed by atoms with van der Waals surface area (Å²) in [5.74, 6) is -0.276. The van der Waals surface area contributed by atoms with Crippen molar-refractivity contribution in [2.75, 3.05) is 13.1 Å². The fraction of sp³-hybridized carbons (Fsp3) is 0.417. The molecule has 86 valence electrons. The number of halogens is 1. The highest BCUT2D eigenvalue weighted by Gasteiger charge is 2.23.